The predicted molar refractivity (Wildman–Crippen MR) is 82.6 cm³/mol. The van der Waals surface area contributed by atoms with Crippen molar-refractivity contribution in [2.24, 2.45) is 0 Å². The molecule has 1 aromatic carbocycles. The van der Waals surface area contributed by atoms with Crippen molar-refractivity contribution in [2.75, 3.05) is 13.7 Å². The molecule has 0 aromatic heterocycles. The highest BCUT2D eigenvalue weighted by Crippen LogP contribution is 2.39. The van der Waals surface area contributed by atoms with Gasteiger partial charge in [-0.2, -0.15) is 0 Å². The lowest BCUT2D eigenvalue weighted by Crippen LogP contribution is -2.22. The molecule has 7 nitrogen and oxygen atoms in total. The first kappa shape index (κ1) is 17.3. The SMILES string of the molecule is CN1C(=O)S/C(=C\c2cc(OCC(=O)O)c(O)c(F)c2Br)C1=O. The Morgan fingerprint density at radius 3 is 2.70 bits per heavy atom. The van der Waals surface area contributed by atoms with Crippen LogP contribution in [0.4, 0.5) is 9.18 Å². The molecule has 0 bridgehead atoms. The number of ether oxygens (including phenoxy) is 1. The smallest absolute Gasteiger partial charge is 0.341 e. The number of thioether (sulfide) groups is 1. The fourth-order valence-corrected chi connectivity index (χ4v) is 2.89. The Morgan fingerprint density at radius 1 is 1.52 bits per heavy atom. The van der Waals surface area contributed by atoms with Crippen molar-refractivity contribution in [2.45, 2.75) is 0 Å². The molecular weight excluding hydrogens is 397 g/mol. The van der Waals surface area contributed by atoms with Crippen LogP contribution >= 0.6 is 27.7 Å². The summed E-state index contributed by atoms with van der Waals surface area (Å²) in [5, 5.41) is 17.7. The Labute approximate surface area is 141 Å². The summed E-state index contributed by atoms with van der Waals surface area (Å²) >= 11 is 3.61. The number of hydrogen-bond donors (Lipinski definition) is 2. The third-order valence-electron chi connectivity index (χ3n) is 2.80. The van der Waals surface area contributed by atoms with E-state index in [0.29, 0.717) is 11.8 Å². The van der Waals surface area contributed by atoms with E-state index in [2.05, 4.69) is 15.9 Å². The van der Waals surface area contributed by atoms with E-state index in [-0.39, 0.29) is 14.9 Å². The van der Waals surface area contributed by atoms with Gasteiger partial charge in [-0.25, -0.2) is 9.18 Å². The van der Waals surface area contributed by atoms with E-state index >= 15 is 0 Å². The molecule has 2 N–H and O–H groups in total. The van der Waals surface area contributed by atoms with Gasteiger partial charge in [0.05, 0.1) is 9.38 Å². The fourth-order valence-electron chi connectivity index (χ4n) is 1.65. The van der Waals surface area contributed by atoms with Gasteiger partial charge in [0.2, 0.25) is 0 Å². The van der Waals surface area contributed by atoms with E-state index in [1.807, 2.05) is 0 Å². The number of carboxylic acid groups (broad SMARTS) is 1. The zero-order valence-corrected chi connectivity index (χ0v) is 13.9. The average Bonchev–Trinajstić information content (AvgIpc) is 2.73. The number of phenolic OH excluding ortho intramolecular Hbond substituents is 1. The molecule has 1 aliphatic heterocycles. The summed E-state index contributed by atoms with van der Waals surface area (Å²) in [6.45, 7) is -0.778. The molecule has 0 aliphatic carbocycles. The minimum Gasteiger partial charge on any atom is -0.502 e. The molecule has 0 atom stereocenters. The molecule has 2 rings (SSSR count). The zero-order chi connectivity index (χ0) is 17.3. The maximum Gasteiger partial charge on any atom is 0.341 e. The first-order valence-electron chi connectivity index (χ1n) is 5.99. The number of hydrogen-bond acceptors (Lipinski definition) is 6. The Morgan fingerprint density at radius 2 is 2.17 bits per heavy atom. The zero-order valence-electron chi connectivity index (χ0n) is 11.5. The van der Waals surface area contributed by atoms with E-state index < -0.39 is 41.0 Å². The second kappa shape index (κ2) is 6.59. The second-order valence-corrected chi connectivity index (χ2v) is 6.15. The second-order valence-electron chi connectivity index (χ2n) is 4.36. The molecule has 2 amide bonds. The summed E-state index contributed by atoms with van der Waals surface area (Å²) < 4.78 is 18.6. The number of nitrogens with zero attached hydrogens (tertiary/aromatic N) is 1. The molecule has 0 unspecified atom stereocenters. The number of likely N-dealkylation sites (N-methyl/N-ethyl adjacent to an activating group) is 1. The Kier molecular flexibility index (Phi) is 4.95. The van der Waals surface area contributed by atoms with Crippen LogP contribution in [0.15, 0.2) is 15.4 Å². The van der Waals surface area contributed by atoms with E-state index in [9.17, 15) is 23.9 Å². The third-order valence-corrected chi connectivity index (χ3v) is 4.57. The molecule has 0 radical (unpaired) electrons. The molecule has 1 fully saturated rings. The number of phenols is 1. The lowest BCUT2D eigenvalue weighted by Gasteiger charge is -2.10. The van der Waals surface area contributed by atoms with E-state index in [1.54, 1.807) is 0 Å². The molecule has 23 heavy (non-hydrogen) atoms. The minimum absolute atomic E-state index is 0.0625. The van der Waals surface area contributed by atoms with Gasteiger partial charge >= 0.3 is 5.97 Å². The summed E-state index contributed by atoms with van der Waals surface area (Å²) in [5.74, 6) is -4.18. The highest BCUT2D eigenvalue weighted by molar-refractivity contribution is 9.10. The molecule has 1 saturated heterocycles. The van der Waals surface area contributed by atoms with Crippen molar-refractivity contribution in [3.8, 4) is 11.5 Å². The van der Waals surface area contributed by atoms with Gasteiger partial charge in [0.15, 0.2) is 23.9 Å². The first-order chi connectivity index (χ1) is 10.7. The molecule has 1 heterocycles. The largest absolute Gasteiger partial charge is 0.502 e. The summed E-state index contributed by atoms with van der Waals surface area (Å²) in [5.41, 5.74) is 0.111. The molecule has 1 aromatic rings. The monoisotopic (exact) mass is 405 g/mol. The number of amides is 2. The maximum absolute atomic E-state index is 14.0. The van der Waals surface area contributed by atoms with Crippen molar-refractivity contribution >= 4 is 50.9 Å². The van der Waals surface area contributed by atoms with Crippen molar-refractivity contribution in [3.63, 3.8) is 0 Å². The summed E-state index contributed by atoms with van der Waals surface area (Å²) in [4.78, 5) is 34.7. The normalized spacial score (nSPS) is 16.3. The number of imide groups is 1. The van der Waals surface area contributed by atoms with Crippen LogP contribution in [0.25, 0.3) is 6.08 Å². The van der Waals surface area contributed by atoms with E-state index in [0.717, 1.165) is 11.0 Å². The maximum atomic E-state index is 14.0. The quantitative estimate of drug-likeness (QED) is 0.741. The van der Waals surface area contributed by atoms with Crippen LogP contribution in [0.2, 0.25) is 0 Å². The topological polar surface area (TPSA) is 104 Å². The summed E-state index contributed by atoms with van der Waals surface area (Å²) in [6, 6.07) is 1.16. The highest BCUT2D eigenvalue weighted by Gasteiger charge is 2.32. The minimum atomic E-state index is -1.30. The predicted octanol–water partition coefficient (Wildman–Crippen LogP) is 2.42. The number of aromatic hydroxyl groups is 1. The van der Waals surface area contributed by atoms with Gasteiger partial charge in [-0.05, 0) is 45.4 Å². The summed E-state index contributed by atoms with van der Waals surface area (Å²) in [6.07, 6.45) is 1.24. The van der Waals surface area contributed by atoms with Gasteiger partial charge in [0.25, 0.3) is 11.1 Å². The van der Waals surface area contributed by atoms with Gasteiger partial charge in [-0.1, -0.05) is 0 Å². The number of carboxylic acids is 1. The molecule has 0 saturated carbocycles. The number of halogens is 2. The van der Waals surface area contributed by atoms with Crippen molar-refractivity contribution in [1.29, 1.82) is 0 Å². The van der Waals surface area contributed by atoms with Gasteiger partial charge in [-0.3, -0.25) is 14.5 Å². The van der Waals surface area contributed by atoms with Gasteiger partial charge in [-0.15, -0.1) is 0 Å². The van der Waals surface area contributed by atoms with Crippen LogP contribution in [0, 0.1) is 5.82 Å². The number of carbonyl (C=O) groups is 3. The number of benzene rings is 1. The molecule has 10 heteroatoms. The standard InChI is InChI=1S/C13H9BrFNO6S/c1-16-12(20)7(23-13(16)21)3-5-2-6(22-4-8(17)18)11(19)10(15)9(5)14/h2-3,19H,4H2,1H3,(H,17,18)/b7-3-. The van der Waals surface area contributed by atoms with Crippen molar-refractivity contribution in [1.82, 2.24) is 4.90 Å². The fraction of sp³-hybridized carbons (Fsp3) is 0.154. The van der Waals surface area contributed by atoms with Gasteiger partial charge in [0.1, 0.15) is 0 Å². The number of carbonyl (C=O) groups excluding carboxylic acids is 2. The van der Waals surface area contributed by atoms with E-state index in [4.69, 9.17) is 9.84 Å². The molecule has 0 spiro atoms. The van der Waals surface area contributed by atoms with Crippen LogP contribution in [0.5, 0.6) is 11.5 Å². The van der Waals surface area contributed by atoms with E-state index in [1.165, 1.54) is 13.1 Å². The van der Waals surface area contributed by atoms with Crippen molar-refractivity contribution in [3.05, 3.63) is 26.8 Å². The lowest BCUT2D eigenvalue weighted by molar-refractivity contribution is -0.139. The van der Waals surface area contributed by atoms with Crippen molar-refractivity contribution < 1.29 is 33.7 Å². The molecular formula is C13H9BrFNO6S. The van der Waals surface area contributed by atoms with Gasteiger partial charge in [0, 0.05) is 7.05 Å². The molecule has 1 aliphatic rings. The van der Waals surface area contributed by atoms with Crippen LogP contribution in [0.3, 0.4) is 0 Å². The van der Waals surface area contributed by atoms with Gasteiger partial charge < -0.3 is 14.9 Å². The van der Waals surface area contributed by atoms with Crippen LogP contribution in [0.1, 0.15) is 5.56 Å². The molecule has 122 valence electrons. The lowest BCUT2D eigenvalue weighted by atomic mass is 10.1. The Balaban J connectivity index is 2.45. The third kappa shape index (κ3) is 3.48. The highest BCUT2D eigenvalue weighted by atomic mass is 79.9. The number of aliphatic carboxylic acids is 1. The van der Waals surface area contributed by atoms with Crippen LogP contribution < -0.4 is 4.74 Å². The van der Waals surface area contributed by atoms with Crippen LogP contribution in [-0.4, -0.2) is 45.9 Å². The average molecular weight is 406 g/mol. The Hall–Kier alpha value is -2.07. The summed E-state index contributed by atoms with van der Waals surface area (Å²) in [7, 11) is 1.31. The Bertz CT molecular complexity index is 750. The first-order valence-corrected chi connectivity index (χ1v) is 7.60. The van der Waals surface area contributed by atoms with Crippen LogP contribution in [-0.2, 0) is 9.59 Å². The number of rotatable bonds is 4.